The molecule has 0 aliphatic rings. The molecule has 0 atom stereocenters. The first kappa shape index (κ1) is 22.1. The number of nitrogens with zero attached hydrogens (tertiary/aromatic N) is 2. The van der Waals surface area contributed by atoms with Gasteiger partial charge in [-0.3, -0.25) is 4.72 Å². The second kappa shape index (κ2) is 8.80. The average molecular weight is 466 g/mol. The molecule has 33 heavy (non-hydrogen) atoms. The first-order chi connectivity index (χ1) is 15.7. The Morgan fingerprint density at radius 3 is 2.12 bits per heavy atom. The third kappa shape index (κ3) is 4.88. The van der Waals surface area contributed by atoms with Gasteiger partial charge in [-0.1, -0.05) is 18.2 Å². The summed E-state index contributed by atoms with van der Waals surface area (Å²) in [6.07, 6.45) is 0. The number of carbonyl (C=O) groups is 1. The number of aromatic nitrogens is 2. The molecule has 0 aliphatic carbocycles. The van der Waals surface area contributed by atoms with Crippen molar-refractivity contribution in [2.45, 2.75) is 4.90 Å². The molecule has 4 N–H and O–H groups in total. The fourth-order valence-electron chi connectivity index (χ4n) is 2.98. The molecule has 1 aromatic heterocycles. The van der Waals surface area contributed by atoms with E-state index in [4.69, 9.17) is 0 Å². The van der Waals surface area contributed by atoms with Crippen LogP contribution < -0.4 is 15.3 Å². The molecule has 0 fully saturated rings. The van der Waals surface area contributed by atoms with Crippen molar-refractivity contribution in [2.24, 2.45) is 0 Å². The van der Waals surface area contributed by atoms with E-state index < -0.39 is 21.2 Å². The van der Waals surface area contributed by atoms with Gasteiger partial charge in [0.05, 0.1) is 21.5 Å². The number of carboxylic acids is 1. The lowest BCUT2D eigenvalue weighted by Crippen LogP contribution is -2.96. The lowest BCUT2D eigenvalue weighted by Gasteiger charge is -2.24. The van der Waals surface area contributed by atoms with Crippen molar-refractivity contribution >= 4 is 50.0 Å². The van der Waals surface area contributed by atoms with Crippen LogP contribution in [-0.4, -0.2) is 29.5 Å². The number of sulfonamides is 1. The predicted molar refractivity (Wildman–Crippen MR) is 121 cm³/mol. The molecule has 1 heterocycles. The Labute approximate surface area is 187 Å². The number of aromatic carboxylic acids is 1. The highest BCUT2D eigenvalue weighted by molar-refractivity contribution is 7.92. The molecule has 0 unspecified atom stereocenters. The van der Waals surface area contributed by atoms with Crippen LogP contribution in [0.4, 0.5) is 23.0 Å². The lowest BCUT2D eigenvalue weighted by molar-refractivity contribution is -0.715. The number of anilines is 3. The highest BCUT2D eigenvalue weighted by Crippen LogP contribution is 2.27. The Balaban J connectivity index is 1.74. The van der Waals surface area contributed by atoms with Crippen molar-refractivity contribution in [3.63, 3.8) is 0 Å². The van der Waals surface area contributed by atoms with E-state index in [1.165, 1.54) is 18.2 Å². The van der Waals surface area contributed by atoms with Gasteiger partial charge in [0, 0.05) is 17.8 Å². The van der Waals surface area contributed by atoms with Crippen LogP contribution in [0.1, 0.15) is 10.4 Å². The number of fused-ring (bicyclic) bond motifs is 1. The minimum absolute atomic E-state index is 0.0314. The van der Waals surface area contributed by atoms with Crippen LogP contribution in [-0.2, 0) is 10.0 Å². The zero-order chi connectivity index (χ0) is 23.6. The van der Waals surface area contributed by atoms with Gasteiger partial charge in [-0.25, -0.2) is 23.2 Å². The molecule has 4 rings (SSSR count). The highest BCUT2D eigenvalue weighted by atomic mass is 32.2. The van der Waals surface area contributed by atoms with Crippen molar-refractivity contribution in [1.82, 2.24) is 9.97 Å². The number of para-hydroxylation sites is 2. The molecule has 168 valence electrons. The van der Waals surface area contributed by atoms with E-state index in [1.54, 1.807) is 30.3 Å². The van der Waals surface area contributed by atoms with Gasteiger partial charge >= 0.3 is 5.97 Å². The number of hydrogen-bond donors (Lipinski definition) is 4. The molecule has 0 bridgehead atoms. The average Bonchev–Trinajstić information content (AvgIpc) is 2.79. The Bertz CT molecular complexity index is 1440. The number of hydrogen-bond acceptors (Lipinski definition) is 8. The van der Waals surface area contributed by atoms with E-state index in [9.17, 15) is 28.7 Å². The monoisotopic (exact) mass is 466 g/mol. The van der Waals surface area contributed by atoms with Crippen LogP contribution in [0.3, 0.4) is 0 Å². The van der Waals surface area contributed by atoms with Crippen molar-refractivity contribution in [3.8, 4) is 0 Å². The van der Waals surface area contributed by atoms with Gasteiger partial charge in [0.25, 0.3) is 10.0 Å². The lowest BCUT2D eigenvalue weighted by atomic mass is 10.2. The smallest absolute Gasteiger partial charge is 0.335 e. The maximum atomic E-state index is 12.9. The van der Waals surface area contributed by atoms with E-state index in [1.807, 2.05) is 0 Å². The summed E-state index contributed by atoms with van der Waals surface area (Å²) in [5, 5.41) is 32.5. The number of benzene rings is 3. The third-order valence-corrected chi connectivity index (χ3v) is 5.93. The van der Waals surface area contributed by atoms with Crippen LogP contribution in [0.2, 0.25) is 0 Å². The summed E-state index contributed by atoms with van der Waals surface area (Å²) in [7, 11) is -4.16. The van der Waals surface area contributed by atoms with Gasteiger partial charge < -0.3 is 26.1 Å². The molecule has 3 aromatic carbocycles. The number of quaternary nitrogens is 1. The van der Waals surface area contributed by atoms with Gasteiger partial charge in [0.15, 0.2) is 11.6 Å². The van der Waals surface area contributed by atoms with Crippen molar-refractivity contribution in [2.75, 3.05) is 10.0 Å². The van der Waals surface area contributed by atoms with Crippen LogP contribution in [0, 0.1) is 10.4 Å². The normalized spacial score (nSPS) is 11.5. The van der Waals surface area contributed by atoms with Crippen molar-refractivity contribution in [3.05, 3.63) is 88.8 Å². The van der Waals surface area contributed by atoms with Crippen LogP contribution >= 0.6 is 0 Å². The fraction of sp³-hybridized carbons (Fsp3) is 0. The minimum atomic E-state index is -4.16. The largest absolute Gasteiger partial charge is 0.628 e. The summed E-state index contributed by atoms with van der Waals surface area (Å²) in [5.74, 6) is -1.20. The molecule has 4 aromatic rings. The zero-order valence-electron chi connectivity index (χ0n) is 16.7. The zero-order valence-corrected chi connectivity index (χ0v) is 17.5. The molecular formula is C21H16N5O6S-. The molecule has 12 heteroatoms. The topological polar surface area (TPSA) is 172 Å². The third-order valence-electron chi connectivity index (χ3n) is 4.57. The van der Waals surface area contributed by atoms with Gasteiger partial charge in [-0.15, -0.1) is 0 Å². The number of rotatable bonds is 7. The summed E-state index contributed by atoms with van der Waals surface area (Å²) in [6, 6.07) is 17.2. The Morgan fingerprint density at radius 1 is 0.879 bits per heavy atom. The number of nitrogens with one attached hydrogen (secondary N) is 3. The molecule has 0 spiro atoms. The maximum absolute atomic E-state index is 12.9. The van der Waals surface area contributed by atoms with E-state index in [0.29, 0.717) is 16.7 Å². The maximum Gasteiger partial charge on any atom is 0.335 e. The highest BCUT2D eigenvalue weighted by Gasteiger charge is 2.19. The van der Waals surface area contributed by atoms with Gasteiger partial charge in [0.2, 0.25) is 0 Å². The number of carboxylic acid groups (broad SMARTS) is 1. The van der Waals surface area contributed by atoms with Gasteiger partial charge in [-0.2, -0.15) is 0 Å². The molecule has 0 amide bonds. The Morgan fingerprint density at radius 2 is 1.52 bits per heavy atom. The second-order valence-electron chi connectivity index (χ2n) is 6.84. The summed E-state index contributed by atoms with van der Waals surface area (Å²) >= 11 is 0. The minimum Gasteiger partial charge on any atom is -0.628 e. The molecule has 0 aliphatic heterocycles. The van der Waals surface area contributed by atoms with Crippen LogP contribution in [0.5, 0.6) is 0 Å². The standard InChI is InChI=1S/C21H16N5O6S/c27-21(28)13-4-3-5-14(12-13)22-19-20(24-18-7-2-1-6-17(18)23-19)25-33(31,32)16-10-8-15(9-11-16)26(29)30/h1-12,26H,(H,22,23)(H,24,25)(H,27,28)/q-1. The predicted octanol–water partition coefficient (Wildman–Crippen LogP) is 2.38. The van der Waals surface area contributed by atoms with Crippen LogP contribution in [0.25, 0.3) is 11.0 Å². The summed E-state index contributed by atoms with van der Waals surface area (Å²) in [4.78, 5) is 19.9. The Hall–Kier alpha value is -4.10. The van der Waals surface area contributed by atoms with Crippen LogP contribution in [0.15, 0.2) is 77.7 Å². The SMILES string of the molecule is O=C(O)c1cccc(Nc2nc3ccccc3nc2NS(=O)(=O)c2ccc([NH+]([O-])[O-])cc2)c1. The van der Waals surface area contributed by atoms with E-state index in [-0.39, 0.29) is 27.8 Å². The molecule has 0 saturated carbocycles. The quantitative estimate of drug-likeness (QED) is 0.298. The first-order valence-corrected chi connectivity index (χ1v) is 10.9. The Kier molecular flexibility index (Phi) is 5.89. The molecule has 0 saturated heterocycles. The van der Waals surface area contributed by atoms with Crippen molar-refractivity contribution < 1.29 is 23.5 Å². The van der Waals surface area contributed by atoms with E-state index >= 15 is 0 Å². The van der Waals surface area contributed by atoms with Gasteiger partial charge in [0.1, 0.15) is 5.69 Å². The summed E-state index contributed by atoms with van der Waals surface area (Å²) in [6.45, 7) is 0. The van der Waals surface area contributed by atoms with Gasteiger partial charge in [-0.05, 0) is 42.5 Å². The summed E-state index contributed by atoms with van der Waals surface area (Å²) in [5.41, 5.74) is 1.13. The van der Waals surface area contributed by atoms with Crippen molar-refractivity contribution in [1.29, 1.82) is 0 Å². The first-order valence-electron chi connectivity index (χ1n) is 9.44. The molecule has 0 radical (unpaired) electrons. The van der Waals surface area contributed by atoms with E-state index in [0.717, 1.165) is 24.3 Å². The molecule has 11 nitrogen and oxygen atoms in total. The fourth-order valence-corrected chi connectivity index (χ4v) is 3.99. The molecular weight excluding hydrogens is 450 g/mol. The second-order valence-corrected chi connectivity index (χ2v) is 8.52. The van der Waals surface area contributed by atoms with E-state index in [2.05, 4.69) is 20.0 Å². The summed E-state index contributed by atoms with van der Waals surface area (Å²) < 4.78 is 28.2.